The van der Waals surface area contributed by atoms with E-state index in [4.69, 9.17) is 9.47 Å². The number of phenols is 1. The van der Waals surface area contributed by atoms with Gasteiger partial charge < -0.3 is 14.6 Å². The molecule has 26 heavy (non-hydrogen) atoms. The molecule has 2 N–H and O–H groups in total. The molecule has 2 heterocycles. The first-order valence-corrected chi connectivity index (χ1v) is 9.38. The summed E-state index contributed by atoms with van der Waals surface area (Å²) in [6, 6.07) is 7.42. The van der Waals surface area contributed by atoms with Crippen molar-refractivity contribution in [2.24, 2.45) is 11.8 Å². The molecule has 1 fully saturated rings. The molecule has 0 bridgehead atoms. The Kier molecular flexibility index (Phi) is 6.21. The van der Waals surface area contributed by atoms with Crippen LogP contribution in [0.2, 0.25) is 0 Å². The molecule has 3 rings (SSSR count). The molecule has 7 nitrogen and oxygen atoms in total. The SMILES string of the molecule is CCC(CCC1COC(C(C)C)OC1c1ccccc1O)c1nnn[nH]1. The zero-order chi connectivity index (χ0) is 18.5. The van der Waals surface area contributed by atoms with E-state index in [1.54, 1.807) is 6.07 Å². The van der Waals surface area contributed by atoms with E-state index in [2.05, 4.69) is 41.4 Å². The van der Waals surface area contributed by atoms with Gasteiger partial charge in [-0.15, -0.1) is 5.10 Å². The fourth-order valence-corrected chi connectivity index (χ4v) is 3.53. The summed E-state index contributed by atoms with van der Waals surface area (Å²) >= 11 is 0. The van der Waals surface area contributed by atoms with Gasteiger partial charge in [-0.25, -0.2) is 5.10 Å². The van der Waals surface area contributed by atoms with Crippen molar-refractivity contribution in [3.63, 3.8) is 0 Å². The lowest BCUT2D eigenvalue weighted by atomic mass is 9.86. The van der Waals surface area contributed by atoms with E-state index in [-0.39, 0.29) is 35.9 Å². The van der Waals surface area contributed by atoms with E-state index < -0.39 is 0 Å². The van der Waals surface area contributed by atoms with E-state index >= 15 is 0 Å². The molecule has 1 aromatic heterocycles. The number of nitrogens with one attached hydrogen (secondary N) is 1. The Morgan fingerprint density at radius 3 is 2.77 bits per heavy atom. The highest BCUT2D eigenvalue weighted by Crippen LogP contribution is 2.41. The molecule has 0 radical (unpaired) electrons. The molecule has 1 aromatic carbocycles. The van der Waals surface area contributed by atoms with Gasteiger partial charge in [0.2, 0.25) is 0 Å². The Hall–Kier alpha value is -1.99. The molecule has 0 amide bonds. The number of benzene rings is 1. The minimum absolute atomic E-state index is 0.170. The standard InChI is InChI=1S/C19H28N4O3/c1-4-13(18-20-22-23-21-18)9-10-14-11-25-19(12(2)3)26-17(14)15-7-5-6-8-16(15)24/h5-8,12-14,17,19,24H,4,9-11H2,1-3H3,(H,20,21,22,23). The zero-order valence-electron chi connectivity index (χ0n) is 15.6. The first-order valence-electron chi connectivity index (χ1n) is 9.38. The number of phenolic OH excluding ortho intramolecular Hbond substituents is 1. The minimum atomic E-state index is -0.253. The van der Waals surface area contributed by atoms with Crippen LogP contribution in [0.25, 0.3) is 0 Å². The first kappa shape index (κ1) is 18.8. The molecule has 1 aliphatic rings. The highest BCUT2D eigenvalue weighted by Gasteiger charge is 2.36. The third kappa shape index (κ3) is 4.22. The van der Waals surface area contributed by atoms with Crippen molar-refractivity contribution in [1.29, 1.82) is 0 Å². The number of para-hydroxylation sites is 1. The van der Waals surface area contributed by atoms with Crippen LogP contribution in [0, 0.1) is 11.8 Å². The van der Waals surface area contributed by atoms with E-state index in [1.165, 1.54) is 0 Å². The summed E-state index contributed by atoms with van der Waals surface area (Å²) in [5, 5.41) is 24.6. The third-order valence-electron chi connectivity index (χ3n) is 5.10. The van der Waals surface area contributed by atoms with Crippen LogP contribution >= 0.6 is 0 Å². The molecule has 142 valence electrons. The summed E-state index contributed by atoms with van der Waals surface area (Å²) in [6.45, 7) is 6.91. The second kappa shape index (κ2) is 8.60. The highest BCUT2D eigenvalue weighted by molar-refractivity contribution is 5.34. The maximum atomic E-state index is 10.3. The van der Waals surface area contributed by atoms with Gasteiger partial charge >= 0.3 is 0 Å². The van der Waals surface area contributed by atoms with Crippen molar-refractivity contribution in [2.45, 2.75) is 58.3 Å². The Bertz CT molecular complexity index is 677. The van der Waals surface area contributed by atoms with Gasteiger partial charge in [0.05, 0.1) is 12.7 Å². The molecule has 4 unspecified atom stereocenters. The van der Waals surface area contributed by atoms with Crippen LogP contribution in [0.1, 0.15) is 63.4 Å². The maximum absolute atomic E-state index is 10.3. The van der Waals surface area contributed by atoms with Crippen molar-refractivity contribution in [2.75, 3.05) is 6.61 Å². The maximum Gasteiger partial charge on any atom is 0.160 e. The number of ether oxygens (including phenoxy) is 2. The largest absolute Gasteiger partial charge is 0.508 e. The molecule has 1 aliphatic heterocycles. The number of H-pyrrole nitrogens is 1. The molecule has 7 heteroatoms. The van der Waals surface area contributed by atoms with Crippen LogP contribution in [0.3, 0.4) is 0 Å². The molecular weight excluding hydrogens is 332 g/mol. The van der Waals surface area contributed by atoms with Crippen LogP contribution < -0.4 is 0 Å². The predicted molar refractivity (Wildman–Crippen MR) is 96.4 cm³/mol. The van der Waals surface area contributed by atoms with E-state index in [0.717, 1.165) is 30.7 Å². The van der Waals surface area contributed by atoms with Crippen molar-refractivity contribution in [1.82, 2.24) is 20.6 Å². The summed E-state index contributed by atoms with van der Waals surface area (Å²) in [4.78, 5) is 0. The highest BCUT2D eigenvalue weighted by atomic mass is 16.7. The van der Waals surface area contributed by atoms with Crippen molar-refractivity contribution < 1.29 is 14.6 Å². The lowest BCUT2D eigenvalue weighted by Gasteiger charge is -2.39. The second-order valence-corrected chi connectivity index (χ2v) is 7.29. The van der Waals surface area contributed by atoms with Crippen LogP contribution in [-0.4, -0.2) is 38.6 Å². The monoisotopic (exact) mass is 360 g/mol. The Balaban J connectivity index is 1.74. The zero-order valence-corrected chi connectivity index (χ0v) is 15.6. The van der Waals surface area contributed by atoms with E-state index in [0.29, 0.717) is 6.61 Å². The summed E-state index contributed by atoms with van der Waals surface area (Å²) in [5.41, 5.74) is 0.834. The van der Waals surface area contributed by atoms with Crippen molar-refractivity contribution in [3.8, 4) is 5.75 Å². The van der Waals surface area contributed by atoms with Gasteiger partial charge in [-0.1, -0.05) is 39.0 Å². The van der Waals surface area contributed by atoms with Gasteiger partial charge in [0.1, 0.15) is 5.75 Å². The van der Waals surface area contributed by atoms with Crippen LogP contribution in [0.15, 0.2) is 24.3 Å². The molecule has 2 aromatic rings. The Morgan fingerprint density at radius 1 is 1.31 bits per heavy atom. The van der Waals surface area contributed by atoms with Crippen LogP contribution in [-0.2, 0) is 9.47 Å². The molecule has 1 saturated heterocycles. The fourth-order valence-electron chi connectivity index (χ4n) is 3.53. The van der Waals surface area contributed by atoms with Crippen LogP contribution in [0.4, 0.5) is 0 Å². The number of aromatic nitrogens is 4. The topological polar surface area (TPSA) is 93.2 Å². The number of aromatic amines is 1. The first-order chi connectivity index (χ1) is 12.6. The van der Waals surface area contributed by atoms with E-state index in [9.17, 15) is 5.11 Å². The summed E-state index contributed by atoms with van der Waals surface area (Å²) < 4.78 is 12.2. The number of tetrazole rings is 1. The van der Waals surface area contributed by atoms with Crippen molar-refractivity contribution in [3.05, 3.63) is 35.7 Å². The molecule has 0 saturated carbocycles. The number of hydrogen-bond donors (Lipinski definition) is 2. The molecule has 0 aliphatic carbocycles. The smallest absolute Gasteiger partial charge is 0.160 e. The Morgan fingerprint density at radius 2 is 2.12 bits per heavy atom. The summed E-state index contributed by atoms with van der Waals surface area (Å²) in [5.74, 6) is 1.80. The van der Waals surface area contributed by atoms with E-state index in [1.807, 2.05) is 18.2 Å². The minimum Gasteiger partial charge on any atom is -0.508 e. The van der Waals surface area contributed by atoms with Gasteiger partial charge in [0.15, 0.2) is 12.1 Å². The number of hydrogen-bond acceptors (Lipinski definition) is 6. The fraction of sp³-hybridized carbons (Fsp3) is 0.632. The average Bonchev–Trinajstić information content (AvgIpc) is 3.17. The van der Waals surface area contributed by atoms with Gasteiger partial charge in [-0.05, 0) is 35.8 Å². The number of nitrogens with zero attached hydrogens (tertiary/aromatic N) is 3. The van der Waals surface area contributed by atoms with Gasteiger partial charge in [0.25, 0.3) is 0 Å². The molecule has 0 spiro atoms. The Labute approximate surface area is 154 Å². The third-order valence-corrected chi connectivity index (χ3v) is 5.10. The van der Waals surface area contributed by atoms with Gasteiger partial charge in [-0.3, -0.25) is 0 Å². The van der Waals surface area contributed by atoms with Crippen LogP contribution in [0.5, 0.6) is 5.75 Å². The molecule has 4 atom stereocenters. The quantitative estimate of drug-likeness (QED) is 0.784. The lowest BCUT2D eigenvalue weighted by Crippen LogP contribution is -2.37. The predicted octanol–water partition coefficient (Wildman–Crippen LogP) is 3.57. The normalized spacial score (nSPS) is 24.7. The summed E-state index contributed by atoms with van der Waals surface area (Å²) in [6.07, 6.45) is 2.37. The number of aromatic hydroxyl groups is 1. The molecular formula is C19H28N4O3. The second-order valence-electron chi connectivity index (χ2n) is 7.29. The average molecular weight is 360 g/mol. The summed E-state index contributed by atoms with van der Waals surface area (Å²) in [7, 11) is 0. The van der Waals surface area contributed by atoms with Crippen molar-refractivity contribution >= 4 is 0 Å². The lowest BCUT2D eigenvalue weighted by molar-refractivity contribution is -0.257. The van der Waals surface area contributed by atoms with Gasteiger partial charge in [-0.2, -0.15) is 0 Å². The number of rotatable bonds is 7. The van der Waals surface area contributed by atoms with Gasteiger partial charge in [0, 0.05) is 23.3 Å².